The van der Waals surface area contributed by atoms with Gasteiger partial charge in [-0.1, -0.05) is 12.1 Å². The molecule has 0 fully saturated rings. The lowest BCUT2D eigenvalue weighted by Gasteiger charge is -2.41. The second-order valence-electron chi connectivity index (χ2n) is 8.53. The minimum Gasteiger partial charge on any atom is -0.480 e. The number of anilines is 1. The van der Waals surface area contributed by atoms with Crippen LogP contribution < -0.4 is 11.1 Å². The van der Waals surface area contributed by atoms with Gasteiger partial charge in [0.1, 0.15) is 19.6 Å². The number of benzene rings is 1. The molecule has 0 radical (unpaired) electrons. The second-order valence-corrected chi connectivity index (χ2v) is 8.53. The topological polar surface area (TPSA) is 225 Å². The number of carbonyl (C=O) groups is 5. The Balaban J connectivity index is 3.34. The quantitative estimate of drug-likeness (QED) is 0.0688. The molecule has 0 aliphatic carbocycles. The van der Waals surface area contributed by atoms with Crippen LogP contribution in [0.4, 0.5) is 5.69 Å². The van der Waals surface area contributed by atoms with Crippen LogP contribution in [0.15, 0.2) is 24.3 Å². The molecule has 0 spiro atoms. The Bertz CT molecular complexity index is 887. The minimum absolute atomic E-state index is 0.0251. The fourth-order valence-electron chi connectivity index (χ4n) is 3.98. The van der Waals surface area contributed by atoms with Crippen molar-refractivity contribution in [2.45, 2.75) is 6.54 Å². The molecule has 14 nitrogen and oxygen atoms in total. The summed E-state index contributed by atoms with van der Waals surface area (Å²) in [4.78, 5) is 57.4. The van der Waals surface area contributed by atoms with Gasteiger partial charge in [0.25, 0.3) is 0 Å². The molecule has 0 aliphatic rings. The number of quaternary nitrogens is 2. The zero-order valence-electron chi connectivity index (χ0n) is 19.1. The third-order valence-corrected chi connectivity index (χ3v) is 5.47. The van der Waals surface area contributed by atoms with Crippen LogP contribution in [-0.4, -0.2) is 123 Å². The Morgan fingerprint density at radius 3 is 1.51 bits per heavy atom. The Morgan fingerprint density at radius 1 is 0.657 bits per heavy atom. The van der Waals surface area contributed by atoms with Crippen LogP contribution >= 0.6 is 0 Å². The van der Waals surface area contributed by atoms with E-state index in [9.17, 15) is 44.4 Å². The number of nitrogens with two attached hydrogens (primary N) is 1. The zero-order valence-corrected chi connectivity index (χ0v) is 19.1. The number of nitrogens with zero attached hydrogens (tertiary/aromatic N) is 2. The summed E-state index contributed by atoms with van der Waals surface area (Å²) in [6.07, 6.45) is 0. The van der Waals surface area contributed by atoms with Crippen LogP contribution in [0.3, 0.4) is 0 Å². The van der Waals surface area contributed by atoms with E-state index in [2.05, 4.69) is 5.32 Å². The molecule has 1 aromatic carbocycles. The van der Waals surface area contributed by atoms with Gasteiger partial charge in [0.15, 0.2) is 26.2 Å². The standard InChI is InChI=1S/C21H30N4O10/c22-16-3-1-15(2-4-16)10-25(13-20(32)33,14-21(34)35)8-7-24(11-18(28)29,12-19(30)31)6-5-23-9-17(26)27/h1-4,23H,5-14,22H2,(H3-2,26,27,28,29,30,31,32,33,34,35)/p+2. The maximum Gasteiger partial charge on any atom is 0.359 e. The number of hydrogen-bond donors (Lipinski definition) is 7. The number of rotatable bonds is 18. The molecular formula is C21H32N4O10+2. The molecule has 194 valence electrons. The highest BCUT2D eigenvalue weighted by molar-refractivity contribution is 5.71. The Hall–Kier alpha value is -3.75. The van der Waals surface area contributed by atoms with Gasteiger partial charge < -0.3 is 36.6 Å². The normalized spacial score (nSPS) is 11.7. The smallest absolute Gasteiger partial charge is 0.359 e. The van der Waals surface area contributed by atoms with Crippen molar-refractivity contribution in [3.05, 3.63) is 29.8 Å². The monoisotopic (exact) mass is 500 g/mol. The molecule has 35 heavy (non-hydrogen) atoms. The van der Waals surface area contributed by atoms with Gasteiger partial charge in [0, 0.05) is 17.8 Å². The van der Waals surface area contributed by atoms with E-state index >= 15 is 0 Å². The van der Waals surface area contributed by atoms with E-state index in [1.165, 1.54) is 0 Å². The van der Waals surface area contributed by atoms with Crippen molar-refractivity contribution in [1.29, 1.82) is 0 Å². The first kappa shape index (κ1) is 29.3. The number of carboxylic acids is 5. The third-order valence-electron chi connectivity index (χ3n) is 5.47. The number of nitrogens with one attached hydrogen (secondary N) is 1. The van der Waals surface area contributed by atoms with E-state index in [0.29, 0.717) is 11.3 Å². The van der Waals surface area contributed by atoms with Crippen LogP contribution in [-0.2, 0) is 30.5 Å². The average Bonchev–Trinajstić information content (AvgIpc) is 2.69. The molecule has 0 saturated heterocycles. The highest BCUT2D eigenvalue weighted by Gasteiger charge is 2.40. The SMILES string of the molecule is Nc1ccc(C[N+](CC[N+](CCNCC(=O)O)(CC(=O)O)CC(=O)O)(CC(=O)O)CC(=O)O)cc1. The van der Waals surface area contributed by atoms with Crippen LogP contribution in [0.2, 0.25) is 0 Å². The molecule has 1 rings (SSSR count). The molecule has 0 aromatic heterocycles. The predicted octanol–water partition coefficient (Wildman–Crippen LogP) is -1.58. The molecule has 0 atom stereocenters. The summed E-state index contributed by atoms with van der Waals surface area (Å²) in [5.74, 6) is -6.32. The van der Waals surface area contributed by atoms with E-state index in [1.54, 1.807) is 24.3 Å². The lowest BCUT2D eigenvalue weighted by molar-refractivity contribution is -0.974. The minimum atomic E-state index is -1.31. The van der Waals surface area contributed by atoms with Gasteiger partial charge in [-0.3, -0.25) is 13.8 Å². The Labute approximate surface area is 201 Å². The average molecular weight is 501 g/mol. The summed E-state index contributed by atoms with van der Waals surface area (Å²) in [6.45, 7) is -3.39. The molecule has 1 aromatic rings. The number of nitrogen functional groups attached to an aromatic ring is 1. The third kappa shape index (κ3) is 11.3. The maximum absolute atomic E-state index is 11.7. The molecule has 0 heterocycles. The summed E-state index contributed by atoms with van der Waals surface area (Å²) < 4.78 is -1.05. The molecule has 8 N–H and O–H groups in total. The summed E-state index contributed by atoms with van der Waals surface area (Å²) in [6, 6.07) is 6.40. The molecule has 0 unspecified atom stereocenters. The van der Waals surface area contributed by atoms with Crippen molar-refractivity contribution in [3.8, 4) is 0 Å². The fraction of sp³-hybridized carbons (Fsp3) is 0.476. The van der Waals surface area contributed by atoms with Crippen LogP contribution in [0.1, 0.15) is 5.56 Å². The number of hydrogen-bond acceptors (Lipinski definition) is 7. The largest absolute Gasteiger partial charge is 0.480 e. The van der Waals surface area contributed by atoms with Gasteiger partial charge in [-0.2, -0.15) is 0 Å². The van der Waals surface area contributed by atoms with Gasteiger partial charge in [-0.25, -0.2) is 19.2 Å². The lowest BCUT2D eigenvalue weighted by atomic mass is 10.1. The lowest BCUT2D eigenvalue weighted by Crippen LogP contribution is -2.63. The second kappa shape index (κ2) is 13.2. The molecular weight excluding hydrogens is 468 g/mol. The molecule has 0 aliphatic heterocycles. The first-order chi connectivity index (χ1) is 16.3. The van der Waals surface area contributed by atoms with Gasteiger partial charge in [0.2, 0.25) is 0 Å². The predicted molar refractivity (Wildman–Crippen MR) is 120 cm³/mol. The first-order valence-electron chi connectivity index (χ1n) is 10.6. The summed E-state index contributed by atoms with van der Waals surface area (Å²) in [5, 5.41) is 49.4. The van der Waals surface area contributed by atoms with Crippen molar-refractivity contribution in [2.75, 3.05) is 64.6 Å². The van der Waals surface area contributed by atoms with E-state index in [-0.39, 0.29) is 32.7 Å². The summed E-state index contributed by atoms with van der Waals surface area (Å²) in [7, 11) is 0. The summed E-state index contributed by atoms with van der Waals surface area (Å²) >= 11 is 0. The molecule has 0 amide bonds. The van der Waals surface area contributed by atoms with Crippen LogP contribution in [0.5, 0.6) is 0 Å². The van der Waals surface area contributed by atoms with Gasteiger partial charge >= 0.3 is 29.8 Å². The van der Waals surface area contributed by atoms with Crippen molar-refractivity contribution in [1.82, 2.24) is 5.32 Å². The van der Waals surface area contributed by atoms with Gasteiger partial charge in [-0.15, -0.1) is 0 Å². The molecule has 14 heteroatoms. The van der Waals surface area contributed by atoms with Crippen molar-refractivity contribution >= 4 is 35.5 Å². The van der Waals surface area contributed by atoms with E-state index < -0.39 is 71.5 Å². The van der Waals surface area contributed by atoms with Crippen molar-refractivity contribution in [3.63, 3.8) is 0 Å². The Kier molecular flexibility index (Phi) is 11.1. The maximum atomic E-state index is 11.7. The van der Waals surface area contributed by atoms with Crippen molar-refractivity contribution < 1.29 is 58.5 Å². The van der Waals surface area contributed by atoms with Gasteiger partial charge in [-0.05, 0) is 12.1 Å². The number of carboxylic acid groups (broad SMARTS) is 5. The highest BCUT2D eigenvalue weighted by atomic mass is 16.4. The van der Waals surface area contributed by atoms with Gasteiger partial charge in [0.05, 0.1) is 13.1 Å². The molecule has 0 bridgehead atoms. The first-order valence-corrected chi connectivity index (χ1v) is 10.6. The van der Waals surface area contributed by atoms with Crippen LogP contribution in [0, 0.1) is 0 Å². The number of aliphatic carboxylic acids is 5. The molecule has 0 saturated carbocycles. The fourth-order valence-corrected chi connectivity index (χ4v) is 3.98. The Morgan fingerprint density at radius 2 is 1.09 bits per heavy atom. The van der Waals surface area contributed by atoms with E-state index in [4.69, 9.17) is 10.8 Å². The summed E-state index contributed by atoms with van der Waals surface area (Å²) in [5.41, 5.74) is 6.74. The van der Waals surface area contributed by atoms with Crippen LogP contribution in [0.25, 0.3) is 0 Å². The van der Waals surface area contributed by atoms with E-state index in [0.717, 1.165) is 0 Å². The van der Waals surface area contributed by atoms with E-state index in [1.807, 2.05) is 0 Å². The highest BCUT2D eigenvalue weighted by Crippen LogP contribution is 2.19. The van der Waals surface area contributed by atoms with Crippen molar-refractivity contribution in [2.24, 2.45) is 0 Å². The zero-order chi connectivity index (χ0) is 26.6.